The molecule has 1 N–H and O–H groups in total. The number of carbonyl (C=O) groups excluding carboxylic acids is 1. The zero-order valence-electron chi connectivity index (χ0n) is 14.1. The van der Waals surface area contributed by atoms with Gasteiger partial charge in [-0.2, -0.15) is 0 Å². The Morgan fingerprint density at radius 1 is 1.44 bits per heavy atom. The normalized spacial score (nSPS) is 16.7. The number of fused-ring (bicyclic) bond motifs is 1. The lowest BCUT2D eigenvalue weighted by atomic mass is 10.2. The summed E-state index contributed by atoms with van der Waals surface area (Å²) in [6.45, 7) is 2.35. The molecule has 25 heavy (non-hydrogen) atoms. The Bertz CT molecular complexity index is 803. The average Bonchev–Trinajstić information content (AvgIpc) is 2.72. The van der Waals surface area contributed by atoms with Gasteiger partial charge in [0.15, 0.2) is 0 Å². The molecule has 132 valence electrons. The van der Waals surface area contributed by atoms with Crippen molar-refractivity contribution in [1.82, 2.24) is 9.88 Å². The highest BCUT2D eigenvalue weighted by atomic mass is 35.5. The highest BCUT2D eigenvalue weighted by Crippen LogP contribution is 2.33. The number of benzene rings is 1. The van der Waals surface area contributed by atoms with Gasteiger partial charge in [-0.1, -0.05) is 11.6 Å². The van der Waals surface area contributed by atoms with Gasteiger partial charge in [-0.25, -0.2) is 4.98 Å². The van der Waals surface area contributed by atoms with Gasteiger partial charge >= 0.3 is 0 Å². The first-order valence-electron chi connectivity index (χ1n) is 7.66. The first kappa shape index (κ1) is 17.7. The number of aromatic nitrogens is 1. The van der Waals surface area contributed by atoms with Gasteiger partial charge in [-0.15, -0.1) is 0 Å². The molecule has 3 rings (SSSR count). The Morgan fingerprint density at radius 2 is 2.24 bits per heavy atom. The van der Waals surface area contributed by atoms with Crippen LogP contribution in [0.5, 0.6) is 11.6 Å². The third-order valence-corrected chi connectivity index (χ3v) is 5.04. The van der Waals surface area contributed by atoms with Crippen LogP contribution in [0, 0.1) is 0 Å². The van der Waals surface area contributed by atoms with Crippen LogP contribution in [0.1, 0.15) is 17.3 Å². The fourth-order valence-electron chi connectivity index (χ4n) is 2.32. The fourth-order valence-corrected chi connectivity index (χ4v) is 3.34. The number of amides is 1. The second kappa shape index (κ2) is 7.41. The SMILES string of the molecule is COc1ccc(Cl)cc1SNc1cnc2c(c1)C(=O)N(C)C(C)CO2. The van der Waals surface area contributed by atoms with Crippen LogP contribution in [0.25, 0.3) is 0 Å². The van der Waals surface area contributed by atoms with Gasteiger partial charge in [0.2, 0.25) is 5.88 Å². The highest BCUT2D eigenvalue weighted by molar-refractivity contribution is 8.00. The molecule has 6 nitrogen and oxygen atoms in total. The van der Waals surface area contributed by atoms with Crippen molar-refractivity contribution in [3.63, 3.8) is 0 Å². The number of anilines is 1. The maximum Gasteiger partial charge on any atom is 0.259 e. The van der Waals surface area contributed by atoms with Gasteiger partial charge in [0.1, 0.15) is 17.9 Å². The molecule has 1 amide bonds. The van der Waals surface area contributed by atoms with Crippen LogP contribution >= 0.6 is 23.5 Å². The summed E-state index contributed by atoms with van der Waals surface area (Å²) < 4.78 is 14.1. The summed E-state index contributed by atoms with van der Waals surface area (Å²) in [5.74, 6) is 0.955. The summed E-state index contributed by atoms with van der Waals surface area (Å²) in [4.78, 5) is 19.3. The van der Waals surface area contributed by atoms with E-state index in [0.29, 0.717) is 34.5 Å². The molecule has 0 fully saturated rings. The van der Waals surface area contributed by atoms with Crippen molar-refractivity contribution in [3.05, 3.63) is 41.0 Å². The standard InChI is InChI=1S/C17H18ClN3O3S/c1-10-9-24-16-13(17(22)21(10)2)7-12(8-19-16)20-25-15-6-11(18)4-5-14(15)23-3/h4-8,10,20H,9H2,1-3H3. The average molecular weight is 380 g/mol. The van der Waals surface area contributed by atoms with Crippen LogP contribution < -0.4 is 14.2 Å². The third kappa shape index (κ3) is 3.77. The topological polar surface area (TPSA) is 63.7 Å². The number of carbonyl (C=O) groups is 1. The van der Waals surface area contributed by atoms with Crippen LogP contribution in [0.3, 0.4) is 0 Å². The molecule has 2 heterocycles. The molecule has 1 aromatic carbocycles. The minimum Gasteiger partial charge on any atom is -0.496 e. The second-order valence-corrected chi connectivity index (χ2v) is 6.94. The first-order valence-corrected chi connectivity index (χ1v) is 8.85. The monoisotopic (exact) mass is 379 g/mol. The molecule has 0 saturated carbocycles. The number of pyridine rings is 1. The van der Waals surface area contributed by atoms with E-state index < -0.39 is 0 Å². The lowest BCUT2D eigenvalue weighted by Gasteiger charge is -2.20. The minimum absolute atomic E-state index is 0.0109. The van der Waals surface area contributed by atoms with Crippen molar-refractivity contribution in [2.24, 2.45) is 0 Å². The number of nitrogens with zero attached hydrogens (tertiary/aromatic N) is 2. The Balaban J connectivity index is 1.82. The predicted octanol–water partition coefficient (Wildman–Crippen LogP) is 3.72. The van der Waals surface area contributed by atoms with E-state index >= 15 is 0 Å². The molecule has 0 spiro atoms. The summed E-state index contributed by atoms with van der Waals surface area (Å²) in [5.41, 5.74) is 1.13. The zero-order chi connectivity index (χ0) is 18.0. The van der Waals surface area contributed by atoms with Crippen LogP contribution in [-0.4, -0.2) is 42.6 Å². The van der Waals surface area contributed by atoms with Crippen LogP contribution in [0.2, 0.25) is 5.02 Å². The van der Waals surface area contributed by atoms with Crippen molar-refractivity contribution >= 4 is 35.1 Å². The molecule has 1 atom stereocenters. The number of nitrogens with one attached hydrogen (secondary N) is 1. The lowest BCUT2D eigenvalue weighted by Crippen LogP contribution is -2.36. The van der Waals surface area contributed by atoms with E-state index in [1.165, 1.54) is 11.9 Å². The number of ether oxygens (including phenoxy) is 2. The molecular formula is C17H18ClN3O3S. The predicted molar refractivity (Wildman–Crippen MR) is 98.8 cm³/mol. The van der Waals surface area contributed by atoms with Gasteiger partial charge in [0.25, 0.3) is 5.91 Å². The van der Waals surface area contributed by atoms with E-state index in [1.807, 2.05) is 6.92 Å². The number of halogens is 1. The lowest BCUT2D eigenvalue weighted by molar-refractivity contribution is 0.0732. The van der Waals surface area contributed by atoms with E-state index in [4.69, 9.17) is 21.1 Å². The second-order valence-electron chi connectivity index (χ2n) is 5.65. The van der Waals surface area contributed by atoms with Gasteiger partial charge in [-0.3, -0.25) is 4.79 Å². The number of methoxy groups -OCH3 is 1. The summed E-state index contributed by atoms with van der Waals surface area (Å²) in [7, 11) is 3.36. The van der Waals surface area contributed by atoms with E-state index in [2.05, 4.69) is 9.71 Å². The first-order chi connectivity index (χ1) is 12.0. The van der Waals surface area contributed by atoms with E-state index in [9.17, 15) is 4.79 Å². The molecule has 0 bridgehead atoms. The highest BCUT2D eigenvalue weighted by Gasteiger charge is 2.26. The molecule has 1 unspecified atom stereocenters. The van der Waals surface area contributed by atoms with Gasteiger partial charge in [-0.05, 0) is 43.1 Å². The summed E-state index contributed by atoms with van der Waals surface area (Å²) in [6, 6.07) is 7.10. The van der Waals surface area contributed by atoms with Crippen molar-refractivity contribution in [3.8, 4) is 11.6 Å². The Kier molecular flexibility index (Phi) is 5.24. The number of rotatable bonds is 4. The third-order valence-electron chi connectivity index (χ3n) is 3.93. The molecule has 0 saturated heterocycles. The molecular weight excluding hydrogens is 362 g/mol. The van der Waals surface area contributed by atoms with E-state index in [-0.39, 0.29) is 11.9 Å². The van der Waals surface area contributed by atoms with Crippen LogP contribution in [0.4, 0.5) is 5.69 Å². The van der Waals surface area contributed by atoms with Crippen molar-refractivity contribution in [2.75, 3.05) is 25.5 Å². The summed E-state index contributed by atoms with van der Waals surface area (Å²) >= 11 is 7.37. The maximum absolute atomic E-state index is 12.6. The van der Waals surface area contributed by atoms with Gasteiger partial charge in [0.05, 0.1) is 29.9 Å². The summed E-state index contributed by atoms with van der Waals surface area (Å²) in [6.07, 6.45) is 1.63. The van der Waals surface area contributed by atoms with E-state index in [1.54, 1.807) is 49.5 Å². The number of hydrogen-bond acceptors (Lipinski definition) is 6. The Labute approximate surface area is 155 Å². The quantitative estimate of drug-likeness (QED) is 0.817. The Morgan fingerprint density at radius 3 is 3.00 bits per heavy atom. The van der Waals surface area contributed by atoms with Crippen LogP contribution in [-0.2, 0) is 0 Å². The van der Waals surface area contributed by atoms with Gasteiger partial charge < -0.3 is 19.1 Å². The number of likely N-dealkylation sites (N-methyl/N-ethyl adjacent to an activating group) is 1. The largest absolute Gasteiger partial charge is 0.496 e. The van der Waals surface area contributed by atoms with Crippen LogP contribution in [0.15, 0.2) is 35.4 Å². The minimum atomic E-state index is -0.110. The van der Waals surface area contributed by atoms with Gasteiger partial charge in [0, 0.05) is 12.1 Å². The molecule has 1 aromatic heterocycles. The zero-order valence-corrected chi connectivity index (χ0v) is 15.6. The van der Waals surface area contributed by atoms with Crippen molar-refractivity contribution in [1.29, 1.82) is 0 Å². The molecule has 1 aliphatic heterocycles. The van der Waals surface area contributed by atoms with Crippen molar-refractivity contribution in [2.45, 2.75) is 17.9 Å². The molecule has 2 aromatic rings. The smallest absolute Gasteiger partial charge is 0.259 e. The molecule has 0 aliphatic carbocycles. The van der Waals surface area contributed by atoms with E-state index in [0.717, 1.165) is 4.90 Å². The fraction of sp³-hybridized carbons (Fsp3) is 0.294. The number of hydrogen-bond donors (Lipinski definition) is 1. The molecule has 0 radical (unpaired) electrons. The Hall–Kier alpha value is -2.12. The summed E-state index contributed by atoms with van der Waals surface area (Å²) in [5, 5.41) is 0.615. The van der Waals surface area contributed by atoms with Crippen molar-refractivity contribution < 1.29 is 14.3 Å². The molecule has 8 heteroatoms. The maximum atomic E-state index is 12.6. The molecule has 1 aliphatic rings.